The lowest BCUT2D eigenvalue weighted by Gasteiger charge is -2.33. The molecule has 1 N–H and O–H groups in total. The SMILES string of the molecule is CC(C)C(=O)N1CCC(CNC(=O)C[C@@H]2CCOC2)CC1. The van der Waals surface area contributed by atoms with Gasteiger partial charge in [0.25, 0.3) is 0 Å². The zero-order chi connectivity index (χ0) is 15.2. The van der Waals surface area contributed by atoms with E-state index in [0.717, 1.165) is 52.1 Å². The van der Waals surface area contributed by atoms with Gasteiger partial charge < -0.3 is 15.0 Å². The Morgan fingerprint density at radius 1 is 1.19 bits per heavy atom. The summed E-state index contributed by atoms with van der Waals surface area (Å²) in [6.07, 6.45) is 3.57. The van der Waals surface area contributed by atoms with Crippen molar-refractivity contribution < 1.29 is 14.3 Å². The molecular weight excluding hydrogens is 268 g/mol. The highest BCUT2D eigenvalue weighted by Crippen LogP contribution is 2.19. The predicted molar refractivity (Wildman–Crippen MR) is 80.7 cm³/mol. The van der Waals surface area contributed by atoms with Crippen molar-refractivity contribution in [3.63, 3.8) is 0 Å². The second-order valence-electron chi connectivity index (χ2n) is 6.66. The number of rotatable bonds is 5. The Hall–Kier alpha value is -1.10. The number of nitrogens with one attached hydrogen (secondary N) is 1. The van der Waals surface area contributed by atoms with Crippen LogP contribution in [0.15, 0.2) is 0 Å². The van der Waals surface area contributed by atoms with Gasteiger partial charge in [0.1, 0.15) is 0 Å². The maximum absolute atomic E-state index is 11.9. The molecule has 21 heavy (non-hydrogen) atoms. The van der Waals surface area contributed by atoms with Gasteiger partial charge in [-0.3, -0.25) is 9.59 Å². The molecule has 0 aromatic heterocycles. The van der Waals surface area contributed by atoms with E-state index < -0.39 is 0 Å². The second kappa shape index (κ2) is 7.78. The Bertz CT molecular complexity index is 357. The molecule has 2 saturated heterocycles. The van der Waals surface area contributed by atoms with E-state index in [4.69, 9.17) is 4.74 Å². The largest absolute Gasteiger partial charge is 0.381 e. The van der Waals surface area contributed by atoms with Crippen LogP contribution in [0.3, 0.4) is 0 Å². The third kappa shape index (κ3) is 4.99. The minimum atomic E-state index is 0.0786. The first-order valence-corrected chi connectivity index (χ1v) is 8.19. The standard InChI is InChI=1S/C16H28N2O3/c1-12(2)16(20)18-6-3-13(4-7-18)10-17-15(19)9-14-5-8-21-11-14/h12-14H,3-11H2,1-2H3,(H,17,19)/t14-/m0/s1. The number of piperidine rings is 1. The summed E-state index contributed by atoms with van der Waals surface area (Å²) in [5, 5.41) is 3.05. The number of ether oxygens (including phenoxy) is 1. The molecule has 2 rings (SSSR count). The number of likely N-dealkylation sites (tertiary alicyclic amines) is 1. The third-order valence-corrected chi connectivity index (χ3v) is 4.51. The monoisotopic (exact) mass is 296 g/mol. The van der Waals surface area contributed by atoms with Crippen molar-refractivity contribution in [2.45, 2.75) is 39.5 Å². The number of carbonyl (C=O) groups excluding carboxylic acids is 2. The van der Waals surface area contributed by atoms with Gasteiger partial charge in [-0.15, -0.1) is 0 Å². The Labute approximate surface area is 127 Å². The summed E-state index contributed by atoms with van der Waals surface area (Å²) in [7, 11) is 0. The van der Waals surface area contributed by atoms with Crippen LogP contribution >= 0.6 is 0 Å². The summed E-state index contributed by atoms with van der Waals surface area (Å²) < 4.78 is 5.29. The van der Waals surface area contributed by atoms with Gasteiger partial charge in [-0.2, -0.15) is 0 Å². The maximum Gasteiger partial charge on any atom is 0.225 e. The number of nitrogens with zero attached hydrogens (tertiary/aromatic N) is 1. The summed E-state index contributed by atoms with van der Waals surface area (Å²) in [4.78, 5) is 25.7. The van der Waals surface area contributed by atoms with Crippen LogP contribution < -0.4 is 5.32 Å². The van der Waals surface area contributed by atoms with Crippen molar-refractivity contribution in [3.8, 4) is 0 Å². The first-order chi connectivity index (χ1) is 10.1. The molecule has 2 aliphatic rings. The van der Waals surface area contributed by atoms with E-state index in [1.54, 1.807) is 0 Å². The molecule has 0 spiro atoms. The van der Waals surface area contributed by atoms with Crippen molar-refractivity contribution in [1.29, 1.82) is 0 Å². The molecule has 5 heteroatoms. The van der Waals surface area contributed by atoms with Crippen molar-refractivity contribution >= 4 is 11.8 Å². The molecule has 120 valence electrons. The first kappa shape index (κ1) is 16.3. The Morgan fingerprint density at radius 3 is 2.48 bits per heavy atom. The van der Waals surface area contributed by atoms with Crippen LogP contribution in [0, 0.1) is 17.8 Å². The molecule has 0 radical (unpaired) electrons. The highest BCUT2D eigenvalue weighted by atomic mass is 16.5. The van der Waals surface area contributed by atoms with Gasteiger partial charge in [-0.25, -0.2) is 0 Å². The molecule has 0 saturated carbocycles. The van der Waals surface area contributed by atoms with Gasteiger partial charge >= 0.3 is 0 Å². The number of carbonyl (C=O) groups is 2. The van der Waals surface area contributed by atoms with Crippen molar-refractivity contribution in [2.75, 3.05) is 32.8 Å². The van der Waals surface area contributed by atoms with Crippen LogP contribution in [0.5, 0.6) is 0 Å². The minimum absolute atomic E-state index is 0.0786. The smallest absolute Gasteiger partial charge is 0.225 e. The highest BCUT2D eigenvalue weighted by Gasteiger charge is 2.25. The van der Waals surface area contributed by atoms with Crippen LogP contribution in [0.2, 0.25) is 0 Å². The summed E-state index contributed by atoms with van der Waals surface area (Å²) in [5.74, 6) is 1.38. The molecule has 2 amide bonds. The highest BCUT2D eigenvalue weighted by molar-refractivity contribution is 5.78. The van der Waals surface area contributed by atoms with E-state index in [0.29, 0.717) is 18.3 Å². The van der Waals surface area contributed by atoms with Crippen molar-refractivity contribution in [2.24, 2.45) is 17.8 Å². The van der Waals surface area contributed by atoms with E-state index in [1.165, 1.54) is 0 Å². The van der Waals surface area contributed by atoms with Crippen LogP contribution in [0.1, 0.15) is 39.5 Å². The van der Waals surface area contributed by atoms with E-state index in [9.17, 15) is 9.59 Å². The molecule has 0 aliphatic carbocycles. The van der Waals surface area contributed by atoms with Gasteiger partial charge in [-0.1, -0.05) is 13.8 Å². The minimum Gasteiger partial charge on any atom is -0.381 e. The second-order valence-corrected chi connectivity index (χ2v) is 6.66. The van der Waals surface area contributed by atoms with E-state index in [2.05, 4.69) is 5.32 Å². The zero-order valence-electron chi connectivity index (χ0n) is 13.3. The number of hydrogen-bond acceptors (Lipinski definition) is 3. The van der Waals surface area contributed by atoms with Crippen LogP contribution in [-0.2, 0) is 14.3 Å². The van der Waals surface area contributed by atoms with Gasteiger partial charge in [0.15, 0.2) is 0 Å². The Kier molecular flexibility index (Phi) is 6.03. The quantitative estimate of drug-likeness (QED) is 0.835. The maximum atomic E-state index is 11.9. The first-order valence-electron chi connectivity index (χ1n) is 8.19. The third-order valence-electron chi connectivity index (χ3n) is 4.51. The molecule has 2 heterocycles. The zero-order valence-corrected chi connectivity index (χ0v) is 13.3. The fraction of sp³-hybridized carbons (Fsp3) is 0.875. The van der Waals surface area contributed by atoms with Gasteiger partial charge in [0.2, 0.25) is 11.8 Å². The Morgan fingerprint density at radius 2 is 1.90 bits per heavy atom. The van der Waals surface area contributed by atoms with Crippen LogP contribution in [0.25, 0.3) is 0 Å². The van der Waals surface area contributed by atoms with E-state index >= 15 is 0 Å². The Balaban J connectivity index is 1.62. The average Bonchev–Trinajstić information content (AvgIpc) is 2.97. The molecule has 2 fully saturated rings. The molecule has 1 atom stereocenters. The fourth-order valence-corrected chi connectivity index (χ4v) is 3.06. The van der Waals surface area contributed by atoms with E-state index in [-0.39, 0.29) is 17.7 Å². The summed E-state index contributed by atoms with van der Waals surface area (Å²) in [6.45, 7) is 7.81. The fourth-order valence-electron chi connectivity index (χ4n) is 3.06. The topological polar surface area (TPSA) is 58.6 Å². The molecule has 0 unspecified atom stereocenters. The normalized spacial score (nSPS) is 23.6. The molecule has 5 nitrogen and oxygen atoms in total. The van der Waals surface area contributed by atoms with Gasteiger partial charge in [-0.05, 0) is 31.1 Å². The predicted octanol–water partition coefficient (Wildman–Crippen LogP) is 1.42. The van der Waals surface area contributed by atoms with Crippen molar-refractivity contribution in [3.05, 3.63) is 0 Å². The summed E-state index contributed by atoms with van der Waals surface area (Å²) >= 11 is 0. The molecular formula is C16H28N2O3. The molecule has 2 aliphatic heterocycles. The molecule has 0 aromatic carbocycles. The van der Waals surface area contributed by atoms with Crippen molar-refractivity contribution in [1.82, 2.24) is 10.2 Å². The number of hydrogen-bond donors (Lipinski definition) is 1. The van der Waals surface area contributed by atoms with Gasteiger partial charge in [0.05, 0.1) is 0 Å². The lowest BCUT2D eigenvalue weighted by molar-refractivity contribution is -0.136. The van der Waals surface area contributed by atoms with Crippen LogP contribution in [-0.4, -0.2) is 49.6 Å². The molecule has 0 bridgehead atoms. The lowest BCUT2D eigenvalue weighted by Crippen LogP contribution is -2.43. The lowest BCUT2D eigenvalue weighted by atomic mass is 9.95. The summed E-state index contributed by atoms with van der Waals surface area (Å²) in [5.41, 5.74) is 0. The van der Waals surface area contributed by atoms with Crippen LogP contribution in [0.4, 0.5) is 0 Å². The number of amides is 2. The summed E-state index contributed by atoms with van der Waals surface area (Å²) in [6, 6.07) is 0. The van der Waals surface area contributed by atoms with Gasteiger partial charge in [0, 0.05) is 45.2 Å². The average molecular weight is 296 g/mol. The van der Waals surface area contributed by atoms with E-state index in [1.807, 2.05) is 18.7 Å². The molecule has 0 aromatic rings.